The van der Waals surface area contributed by atoms with Crippen LogP contribution in [0.3, 0.4) is 0 Å². The maximum Gasteiger partial charge on any atom is 0.178 e. The van der Waals surface area contributed by atoms with E-state index in [1.54, 1.807) is 6.26 Å². The molecular weight excluding hydrogens is 367 g/mol. The Balaban J connectivity index is 2.57. The van der Waals surface area contributed by atoms with Gasteiger partial charge < -0.3 is 9.55 Å². The van der Waals surface area contributed by atoms with Crippen molar-refractivity contribution in [1.82, 2.24) is 9.55 Å². The zero-order valence-corrected chi connectivity index (χ0v) is 13.4. The van der Waals surface area contributed by atoms with Crippen molar-refractivity contribution in [2.75, 3.05) is 12.0 Å². The smallest absolute Gasteiger partial charge is 0.178 e. The number of rotatable bonds is 3. The summed E-state index contributed by atoms with van der Waals surface area (Å²) in [5.74, 6) is 0.618. The molecule has 0 saturated carbocycles. The molecule has 1 aromatic heterocycles. The Bertz CT molecular complexity index is 632. The standard InChI is InChI=1S/C11H13IN2OS2/c1-7(6-17(2)15)14-10-4-3-8(12)5-9(10)13-11(14)16/h3-5,7H,6H2,1-2H3,(H,13,16). The minimum atomic E-state index is -0.818. The molecule has 0 bridgehead atoms. The number of nitrogens with zero attached hydrogens (tertiary/aromatic N) is 1. The molecule has 0 aliphatic rings. The number of fused-ring (bicyclic) bond motifs is 1. The first-order valence-electron chi connectivity index (χ1n) is 5.19. The summed E-state index contributed by atoms with van der Waals surface area (Å²) in [6.45, 7) is 2.04. The minimum absolute atomic E-state index is 0.141. The average Bonchev–Trinajstić information content (AvgIpc) is 2.51. The van der Waals surface area contributed by atoms with Gasteiger partial charge in [-0.3, -0.25) is 4.21 Å². The summed E-state index contributed by atoms with van der Waals surface area (Å²) in [6, 6.07) is 6.32. The molecule has 2 rings (SSSR count). The first kappa shape index (κ1) is 13.2. The summed E-state index contributed by atoms with van der Waals surface area (Å²) in [5.41, 5.74) is 2.11. The topological polar surface area (TPSA) is 37.8 Å². The quantitative estimate of drug-likeness (QED) is 0.656. The second-order valence-electron chi connectivity index (χ2n) is 4.05. The van der Waals surface area contributed by atoms with Crippen molar-refractivity contribution in [2.24, 2.45) is 0 Å². The van der Waals surface area contributed by atoms with Crippen LogP contribution in [-0.2, 0) is 10.8 Å². The van der Waals surface area contributed by atoms with Crippen LogP contribution in [0, 0.1) is 8.34 Å². The SMILES string of the molecule is CC(CS(C)=O)n1c(=S)[nH]c2cc(I)ccc21. The molecule has 2 atom stereocenters. The van der Waals surface area contributed by atoms with Crippen molar-refractivity contribution in [2.45, 2.75) is 13.0 Å². The predicted molar refractivity (Wildman–Crippen MR) is 83.5 cm³/mol. The fraction of sp³-hybridized carbons (Fsp3) is 0.364. The van der Waals surface area contributed by atoms with Crippen molar-refractivity contribution >= 4 is 56.6 Å². The van der Waals surface area contributed by atoms with E-state index in [0.717, 1.165) is 11.0 Å². The van der Waals surface area contributed by atoms with E-state index in [2.05, 4.69) is 45.8 Å². The van der Waals surface area contributed by atoms with Crippen LogP contribution < -0.4 is 0 Å². The van der Waals surface area contributed by atoms with E-state index >= 15 is 0 Å². The molecule has 0 spiro atoms. The van der Waals surface area contributed by atoms with Gasteiger partial charge >= 0.3 is 0 Å². The number of aromatic amines is 1. The third-order valence-electron chi connectivity index (χ3n) is 2.60. The molecule has 2 unspecified atom stereocenters. The van der Waals surface area contributed by atoms with E-state index in [0.29, 0.717) is 10.5 Å². The molecule has 6 heteroatoms. The van der Waals surface area contributed by atoms with E-state index in [1.807, 2.05) is 11.5 Å². The highest BCUT2D eigenvalue weighted by Gasteiger charge is 2.12. The van der Waals surface area contributed by atoms with Crippen molar-refractivity contribution in [3.8, 4) is 0 Å². The van der Waals surface area contributed by atoms with Gasteiger partial charge in [-0.15, -0.1) is 0 Å². The van der Waals surface area contributed by atoms with Crippen LogP contribution in [0.25, 0.3) is 11.0 Å². The largest absolute Gasteiger partial charge is 0.331 e. The fourth-order valence-corrected chi connectivity index (χ4v) is 3.66. The second-order valence-corrected chi connectivity index (χ2v) is 7.16. The van der Waals surface area contributed by atoms with E-state index < -0.39 is 10.8 Å². The van der Waals surface area contributed by atoms with Crippen molar-refractivity contribution in [3.05, 3.63) is 26.5 Å². The highest BCUT2D eigenvalue weighted by molar-refractivity contribution is 14.1. The third-order valence-corrected chi connectivity index (χ3v) is 4.52. The number of benzene rings is 1. The summed E-state index contributed by atoms with van der Waals surface area (Å²) in [7, 11) is -0.818. The number of aromatic nitrogens is 2. The lowest BCUT2D eigenvalue weighted by molar-refractivity contribution is 0.605. The molecule has 17 heavy (non-hydrogen) atoms. The normalized spacial score (nSPS) is 15.0. The Morgan fingerprint density at radius 2 is 2.29 bits per heavy atom. The predicted octanol–water partition coefficient (Wildman–Crippen LogP) is 3.24. The number of hydrogen-bond acceptors (Lipinski definition) is 2. The van der Waals surface area contributed by atoms with Gasteiger partial charge in [0.05, 0.1) is 11.0 Å². The molecule has 1 N–H and O–H groups in total. The van der Waals surface area contributed by atoms with E-state index in [1.165, 1.54) is 3.57 Å². The minimum Gasteiger partial charge on any atom is -0.331 e. The van der Waals surface area contributed by atoms with Gasteiger partial charge in [0.25, 0.3) is 0 Å². The van der Waals surface area contributed by atoms with Gasteiger partial charge in [-0.2, -0.15) is 0 Å². The van der Waals surface area contributed by atoms with Crippen LogP contribution in [0.2, 0.25) is 0 Å². The van der Waals surface area contributed by atoms with Crippen molar-refractivity contribution < 1.29 is 4.21 Å². The van der Waals surface area contributed by atoms with Gasteiger partial charge in [0, 0.05) is 32.4 Å². The fourth-order valence-electron chi connectivity index (χ4n) is 1.96. The van der Waals surface area contributed by atoms with Gasteiger partial charge in [0.15, 0.2) is 4.77 Å². The zero-order chi connectivity index (χ0) is 12.6. The van der Waals surface area contributed by atoms with Gasteiger partial charge in [-0.1, -0.05) is 0 Å². The number of imidazole rings is 1. The van der Waals surface area contributed by atoms with Gasteiger partial charge in [0.1, 0.15) is 0 Å². The third kappa shape index (κ3) is 2.79. The molecule has 0 aliphatic carbocycles. The average molecular weight is 380 g/mol. The molecule has 1 aromatic carbocycles. The Morgan fingerprint density at radius 1 is 1.59 bits per heavy atom. The number of nitrogens with one attached hydrogen (secondary N) is 1. The monoisotopic (exact) mass is 380 g/mol. The first-order chi connectivity index (χ1) is 7.99. The Labute approximate surface area is 121 Å². The summed E-state index contributed by atoms with van der Waals surface area (Å²) in [6.07, 6.45) is 1.72. The summed E-state index contributed by atoms with van der Waals surface area (Å²) >= 11 is 7.61. The van der Waals surface area contributed by atoms with Gasteiger partial charge in [0.2, 0.25) is 0 Å². The van der Waals surface area contributed by atoms with Crippen LogP contribution in [0.15, 0.2) is 18.2 Å². The van der Waals surface area contributed by atoms with E-state index in [4.69, 9.17) is 12.2 Å². The molecule has 0 fully saturated rings. The summed E-state index contributed by atoms with van der Waals surface area (Å²) in [5, 5.41) is 0. The first-order valence-corrected chi connectivity index (χ1v) is 8.40. The van der Waals surface area contributed by atoms with Gasteiger partial charge in [-0.05, 0) is 59.9 Å². The summed E-state index contributed by atoms with van der Waals surface area (Å²) < 4.78 is 15.2. The Morgan fingerprint density at radius 3 is 2.94 bits per heavy atom. The Kier molecular flexibility index (Phi) is 4.04. The van der Waals surface area contributed by atoms with E-state index in [-0.39, 0.29) is 6.04 Å². The molecule has 0 radical (unpaired) electrons. The van der Waals surface area contributed by atoms with Crippen LogP contribution >= 0.6 is 34.8 Å². The maximum atomic E-state index is 11.3. The van der Waals surface area contributed by atoms with Crippen LogP contribution in [0.5, 0.6) is 0 Å². The second kappa shape index (κ2) is 5.19. The highest BCUT2D eigenvalue weighted by Crippen LogP contribution is 2.21. The molecule has 0 aliphatic heterocycles. The number of halogens is 1. The number of hydrogen-bond donors (Lipinski definition) is 1. The lowest BCUT2D eigenvalue weighted by atomic mass is 10.3. The highest BCUT2D eigenvalue weighted by atomic mass is 127. The molecule has 0 amide bonds. The molecule has 0 saturated heterocycles. The zero-order valence-electron chi connectivity index (χ0n) is 9.57. The van der Waals surface area contributed by atoms with Crippen molar-refractivity contribution in [1.29, 1.82) is 0 Å². The van der Waals surface area contributed by atoms with Gasteiger partial charge in [-0.25, -0.2) is 0 Å². The lowest BCUT2D eigenvalue weighted by Gasteiger charge is -2.12. The molecular formula is C11H13IN2OS2. The molecule has 92 valence electrons. The molecule has 3 nitrogen and oxygen atoms in total. The van der Waals surface area contributed by atoms with Crippen LogP contribution in [-0.4, -0.2) is 25.8 Å². The lowest BCUT2D eigenvalue weighted by Crippen LogP contribution is -2.12. The number of H-pyrrole nitrogens is 1. The van der Waals surface area contributed by atoms with Crippen molar-refractivity contribution in [3.63, 3.8) is 0 Å². The molecule has 1 heterocycles. The van der Waals surface area contributed by atoms with E-state index in [9.17, 15) is 4.21 Å². The van der Waals surface area contributed by atoms with Crippen LogP contribution in [0.4, 0.5) is 0 Å². The molecule has 2 aromatic rings. The Hall–Kier alpha value is -0.210. The maximum absolute atomic E-state index is 11.3. The summed E-state index contributed by atoms with van der Waals surface area (Å²) in [4.78, 5) is 3.20. The van der Waals surface area contributed by atoms with Crippen LogP contribution in [0.1, 0.15) is 13.0 Å².